The Morgan fingerprint density at radius 2 is 2.14 bits per heavy atom. The summed E-state index contributed by atoms with van der Waals surface area (Å²) in [6.45, 7) is 4.12. The highest BCUT2D eigenvalue weighted by molar-refractivity contribution is 14.0. The molecule has 0 unspecified atom stereocenters. The van der Waals surface area contributed by atoms with Crippen molar-refractivity contribution < 1.29 is 4.79 Å². The second-order valence-corrected chi connectivity index (χ2v) is 5.79. The number of carbonyl (C=O) groups excluding carboxylic acids is 1. The van der Waals surface area contributed by atoms with E-state index in [1.54, 1.807) is 25.7 Å². The van der Waals surface area contributed by atoms with E-state index in [1.807, 2.05) is 4.90 Å². The molecule has 120 valence electrons. The Bertz CT molecular complexity index is 376. The second-order valence-electron chi connectivity index (χ2n) is 4.68. The summed E-state index contributed by atoms with van der Waals surface area (Å²) < 4.78 is 0. The average Bonchev–Trinajstić information content (AvgIpc) is 2.46. The van der Waals surface area contributed by atoms with Gasteiger partial charge in [-0.1, -0.05) is 5.92 Å². The summed E-state index contributed by atoms with van der Waals surface area (Å²) in [5.41, 5.74) is 0. The van der Waals surface area contributed by atoms with Gasteiger partial charge in [0.15, 0.2) is 5.96 Å². The molecule has 1 amide bonds. The van der Waals surface area contributed by atoms with Crippen LogP contribution in [0.1, 0.15) is 19.8 Å². The van der Waals surface area contributed by atoms with Gasteiger partial charge in [-0.3, -0.25) is 9.79 Å². The maximum Gasteiger partial charge on any atom is 0.219 e. The Morgan fingerprint density at radius 1 is 1.48 bits per heavy atom. The van der Waals surface area contributed by atoms with Gasteiger partial charge in [-0.15, -0.1) is 42.2 Å². The Morgan fingerprint density at radius 3 is 2.67 bits per heavy atom. The lowest BCUT2D eigenvalue weighted by molar-refractivity contribution is -0.129. The van der Waals surface area contributed by atoms with Crippen molar-refractivity contribution in [1.29, 1.82) is 0 Å². The Hall–Kier alpha value is -0.620. The van der Waals surface area contributed by atoms with Gasteiger partial charge in [-0.25, -0.2) is 0 Å². The van der Waals surface area contributed by atoms with Crippen LogP contribution in [0.5, 0.6) is 0 Å². The SMILES string of the molecule is C#CCSCCNC(=NC)NC1CCN(C(C)=O)CC1.I. The van der Waals surface area contributed by atoms with E-state index in [4.69, 9.17) is 6.42 Å². The number of piperidine rings is 1. The zero-order valence-electron chi connectivity index (χ0n) is 12.7. The van der Waals surface area contributed by atoms with Crippen LogP contribution in [-0.2, 0) is 4.79 Å². The summed E-state index contributed by atoms with van der Waals surface area (Å²) >= 11 is 1.73. The minimum atomic E-state index is 0. The van der Waals surface area contributed by atoms with E-state index in [2.05, 4.69) is 21.5 Å². The molecular weight excluding hydrogens is 399 g/mol. The molecule has 0 aromatic heterocycles. The first-order valence-electron chi connectivity index (χ1n) is 6.91. The number of likely N-dealkylation sites (tertiary alicyclic amines) is 1. The van der Waals surface area contributed by atoms with Crippen LogP contribution in [0.15, 0.2) is 4.99 Å². The molecule has 1 aliphatic heterocycles. The highest BCUT2D eigenvalue weighted by atomic mass is 127. The molecule has 1 rings (SSSR count). The number of carbonyl (C=O) groups is 1. The third-order valence-electron chi connectivity index (χ3n) is 3.23. The van der Waals surface area contributed by atoms with E-state index >= 15 is 0 Å². The van der Waals surface area contributed by atoms with E-state index in [0.29, 0.717) is 6.04 Å². The Labute approximate surface area is 149 Å². The van der Waals surface area contributed by atoms with Gasteiger partial charge in [0.1, 0.15) is 0 Å². The molecule has 0 aromatic rings. The predicted molar refractivity (Wildman–Crippen MR) is 101 cm³/mol. The number of terminal acetylenes is 1. The Kier molecular flexibility index (Phi) is 11.6. The highest BCUT2D eigenvalue weighted by Gasteiger charge is 2.21. The van der Waals surface area contributed by atoms with Crippen molar-refractivity contribution in [3.8, 4) is 12.3 Å². The molecule has 1 saturated heterocycles. The van der Waals surface area contributed by atoms with Gasteiger partial charge in [-0.05, 0) is 12.8 Å². The number of aliphatic imine (C=N–C) groups is 1. The van der Waals surface area contributed by atoms with Crippen LogP contribution in [0.4, 0.5) is 0 Å². The highest BCUT2D eigenvalue weighted by Crippen LogP contribution is 2.10. The van der Waals surface area contributed by atoms with Crippen LogP contribution >= 0.6 is 35.7 Å². The molecule has 1 fully saturated rings. The summed E-state index contributed by atoms with van der Waals surface area (Å²) in [6.07, 6.45) is 7.13. The van der Waals surface area contributed by atoms with Crippen LogP contribution in [0.2, 0.25) is 0 Å². The molecule has 21 heavy (non-hydrogen) atoms. The molecular formula is C14H25IN4OS. The quantitative estimate of drug-likeness (QED) is 0.229. The predicted octanol–water partition coefficient (Wildman–Crippen LogP) is 1.15. The van der Waals surface area contributed by atoms with E-state index in [0.717, 1.165) is 49.9 Å². The molecule has 1 heterocycles. The molecule has 5 nitrogen and oxygen atoms in total. The van der Waals surface area contributed by atoms with Gasteiger partial charge >= 0.3 is 0 Å². The summed E-state index contributed by atoms with van der Waals surface area (Å²) in [4.78, 5) is 17.4. The van der Waals surface area contributed by atoms with Crippen LogP contribution in [0.3, 0.4) is 0 Å². The van der Waals surface area contributed by atoms with E-state index in [-0.39, 0.29) is 29.9 Å². The van der Waals surface area contributed by atoms with Crippen LogP contribution in [0, 0.1) is 12.3 Å². The van der Waals surface area contributed by atoms with E-state index in [9.17, 15) is 4.79 Å². The lowest BCUT2D eigenvalue weighted by Crippen LogP contribution is -2.49. The van der Waals surface area contributed by atoms with Gasteiger partial charge in [0, 0.05) is 45.4 Å². The van der Waals surface area contributed by atoms with Crippen molar-refractivity contribution in [3.63, 3.8) is 0 Å². The zero-order valence-corrected chi connectivity index (χ0v) is 15.9. The summed E-state index contributed by atoms with van der Waals surface area (Å²) in [5, 5.41) is 6.69. The summed E-state index contributed by atoms with van der Waals surface area (Å²) in [5.74, 6) is 5.31. The number of rotatable bonds is 5. The zero-order chi connectivity index (χ0) is 14.8. The van der Waals surface area contributed by atoms with Gasteiger partial charge in [0.2, 0.25) is 5.91 Å². The third kappa shape index (κ3) is 8.41. The lowest BCUT2D eigenvalue weighted by atomic mass is 10.1. The fourth-order valence-electron chi connectivity index (χ4n) is 2.10. The summed E-state index contributed by atoms with van der Waals surface area (Å²) in [6, 6.07) is 0.384. The third-order valence-corrected chi connectivity index (χ3v) is 4.09. The number of halogens is 1. The smallest absolute Gasteiger partial charge is 0.219 e. The van der Waals surface area contributed by atoms with Crippen molar-refractivity contribution in [2.75, 3.05) is 38.2 Å². The van der Waals surface area contributed by atoms with Crippen molar-refractivity contribution in [1.82, 2.24) is 15.5 Å². The monoisotopic (exact) mass is 424 g/mol. The number of nitrogens with zero attached hydrogens (tertiary/aromatic N) is 2. The second kappa shape index (κ2) is 12.0. The maximum absolute atomic E-state index is 11.3. The van der Waals surface area contributed by atoms with Gasteiger partial charge in [-0.2, -0.15) is 0 Å². The maximum atomic E-state index is 11.3. The fourth-order valence-corrected chi connectivity index (χ4v) is 2.61. The van der Waals surface area contributed by atoms with Crippen LogP contribution in [0.25, 0.3) is 0 Å². The first kappa shape index (κ1) is 20.4. The van der Waals surface area contributed by atoms with Crippen molar-refractivity contribution >= 4 is 47.6 Å². The molecule has 2 N–H and O–H groups in total. The minimum absolute atomic E-state index is 0. The fraction of sp³-hybridized carbons (Fsp3) is 0.714. The van der Waals surface area contributed by atoms with Crippen molar-refractivity contribution in [2.24, 2.45) is 4.99 Å². The first-order chi connectivity index (χ1) is 9.67. The number of guanidine groups is 1. The van der Waals surface area contributed by atoms with E-state index in [1.165, 1.54) is 0 Å². The number of nitrogens with one attached hydrogen (secondary N) is 2. The molecule has 0 spiro atoms. The van der Waals surface area contributed by atoms with Crippen molar-refractivity contribution in [2.45, 2.75) is 25.8 Å². The number of hydrogen-bond acceptors (Lipinski definition) is 3. The molecule has 0 aliphatic carbocycles. The molecule has 1 aliphatic rings. The number of hydrogen-bond donors (Lipinski definition) is 2. The van der Waals surface area contributed by atoms with Crippen LogP contribution < -0.4 is 10.6 Å². The standard InChI is InChI=1S/C14H24N4OS.HI/c1-4-10-20-11-7-16-14(15-3)17-13-5-8-18(9-6-13)12(2)19;/h1,13H,5-11H2,2-3H3,(H2,15,16,17);1H. The topological polar surface area (TPSA) is 56.7 Å². The van der Waals surface area contributed by atoms with Gasteiger partial charge < -0.3 is 15.5 Å². The minimum Gasteiger partial charge on any atom is -0.356 e. The molecule has 0 bridgehead atoms. The van der Waals surface area contributed by atoms with Gasteiger partial charge in [0.25, 0.3) is 0 Å². The lowest BCUT2D eigenvalue weighted by Gasteiger charge is -2.32. The largest absolute Gasteiger partial charge is 0.356 e. The Balaban J connectivity index is 0.00000400. The van der Waals surface area contributed by atoms with Gasteiger partial charge in [0.05, 0.1) is 5.75 Å². The number of amides is 1. The van der Waals surface area contributed by atoms with Crippen LogP contribution in [-0.4, -0.2) is 61.0 Å². The molecule has 0 atom stereocenters. The molecule has 0 saturated carbocycles. The summed E-state index contributed by atoms with van der Waals surface area (Å²) in [7, 11) is 1.77. The molecule has 7 heteroatoms. The first-order valence-corrected chi connectivity index (χ1v) is 8.06. The molecule has 0 radical (unpaired) electrons. The van der Waals surface area contributed by atoms with Crippen molar-refractivity contribution in [3.05, 3.63) is 0 Å². The molecule has 0 aromatic carbocycles. The van der Waals surface area contributed by atoms with E-state index < -0.39 is 0 Å². The average molecular weight is 424 g/mol. The normalized spacial score (nSPS) is 15.9. The number of thioether (sulfide) groups is 1.